The molecule has 0 aromatic carbocycles. The van der Waals surface area contributed by atoms with E-state index in [0.717, 1.165) is 0 Å². The molecule has 0 saturated heterocycles. The molecule has 0 unspecified atom stereocenters. The Bertz CT molecular complexity index is 138. The molecule has 0 aromatic heterocycles. The highest BCUT2D eigenvalue weighted by atomic mass is 31.2. The summed E-state index contributed by atoms with van der Waals surface area (Å²) < 4.78 is 8.88. The summed E-state index contributed by atoms with van der Waals surface area (Å²) in [6.07, 6.45) is -2.44. The Hall–Kier alpha value is -0.0500. The molecule has 2 atom stereocenters. The van der Waals surface area contributed by atoms with Crippen molar-refractivity contribution in [3.63, 3.8) is 0 Å². The topological polar surface area (TPSA) is 159 Å². The van der Waals surface area contributed by atoms with E-state index < -0.39 is 33.2 Å². The molecular weight excluding hydrogens is 207 g/mol. The lowest BCUT2D eigenvalue weighted by Gasteiger charge is -2.10. The van der Waals surface area contributed by atoms with E-state index in [1.165, 1.54) is 0 Å². The average Bonchev–Trinajstić information content (AvgIpc) is 1.98. The maximum Gasteiger partial charge on any atom is 0.466 e. The standard InChI is InChI=1S/C4H10O4.H3O4P/c5-1-3(7)4(8)2-6;1-5(2,3)4/h3-8H,1-2H2;(H3,1,2,3,4)/t3-,4+;. The fraction of sp³-hybridized carbons (Fsp3) is 1.00. The first-order chi connectivity index (χ1) is 5.72. The van der Waals surface area contributed by atoms with Gasteiger partial charge in [-0.3, -0.25) is 0 Å². The van der Waals surface area contributed by atoms with Gasteiger partial charge in [0.25, 0.3) is 0 Å². The molecule has 0 radical (unpaired) electrons. The third-order valence-corrected chi connectivity index (χ3v) is 0.818. The fourth-order valence-electron chi connectivity index (χ4n) is 0.243. The van der Waals surface area contributed by atoms with Crippen LogP contribution >= 0.6 is 7.82 Å². The zero-order chi connectivity index (χ0) is 11.1. The monoisotopic (exact) mass is 220 g/mol. The zero-order valence-corrected chi connectivity index (χ0v) is 7.45. The van der Waals surface area contributed by atoms with Crippen molar-refractivity contribution in [3.8, 4) is 0 Å². The van der Waals surface area contributed by atoms with Gasteiger partial charge in [-0.2, -0.15) is 0 Å². The summed E-state index contributed by atoms with van der Waals surface area (Å²) in [4.78, 5) is 21.6. The predicted octanol–water partition coefficient (Wildman–Crippen LogP) is -3.24. The second-order valence-electron chi connectivity index (χ2n) is 2.01. The normalized spacial score (nSPS) is 15.6. The lowest BCUT2D eigenvalue weighted by atomic mass is 10.2. The number of hydrogen-bond donors (Lipinski definition) is 7. The number of rotatable bonds is 3. The average molecular weight is 220 g/mol. The van der Waals surface area contributed by atoms with E-state index in [2.05, 4.69) is 0 Å². The highest BCUT2D eigenvalue weighted by Gasteiger charge is 2.12. The van der Waals surface area contributed by atoms with Gasteiger partial charge in [0.05, 0.1) is 13.2 Å². The van der Waals surface area contributed by atoms with Crippen LogP contribution in [-0.2, 0) is 4.57 Å². The lowest BCUT2D eigenvalue weighted by Crippen LogP contribution is -2.31. The van der Waals surface area contributed by atoms with E-state index in [1.807, 2.05) is 0 Å². The maximum atomic E-state index is 8.88. The summed E-state index contributed by atoms with van der Waals surface area (Å²) in [5.41, 5.74) is 0. The van der Waals surface area contributed by atoms with Gasteiger partial charge in [0, 0.05) is 0 Å². The van der Waals surface area contributed by atoms with Crippen LogP contribution in [-0.4, -0.2) is 60.5 Å². The molecular formula is C4H13O8P. The summed E-state index contributed by atoms with van der Waals surface area (Å²) in [5, 5.41) is 33.2. The van der Waals surface area contributed by atoms with Crippen molar-refractivity contribution in [3.05, 3.63) is 0 Å². The Morgan fingerprint density at radius 1 is 0.923 bits per heavy atom. The number of aliphatic hydroxyl groups is 4. The van der Waals surface area contributed by atoms with Crippen LogP contribution in [0.15, 0.2) is 0 Å². The van der Waals surface area contributed by atoms with Gasteiger partial charge in [0.2, 0.25) is 0 Å². The SMILES string of the molecule is O=P(O)(O)O.OC[C@@H](O)[C@@H](O)CO. The van der Waals surface area contributed by atoms with Crippen molar-refractivity contribution < 1.29 is 39.7 Å². The molecule has 0 spiro atoms. The summed E-state index contributed by atoms with van der Waals surface area (Å²) >= 11 is 0. The Morgan fingerprint density at radius 2 is 1.08 bits per heavy atom. The van der Waals surface area contributed by atoms with E-state index in [9.17, 15) is 0 Å². The van der Waals surface area contributed by atoms with Gasteiger partial charge in [-0.05, 0) is 0 Å². The minimum atomic E-state index is -4.64. The predicted molar refractivity (Wildman–Crippen MR) is 40.4 cm³/mol. The smallest absolute Gasteiger partial charge is 0.394 e. The fourth-order valence-corrected chi connectivity index (χ4v) is 0.243. The molecule has 82 valence electrons. The van der Waals surface area contributed by atoms with Crippen LogP contribution < -0.4 is 0 Å². The van der Waals surface area contributed by atoms with Crippen LogP contribution in [0.2, 0.25) is 0 Å². The lowest BCUT2D eigenvalue weighted by molar-refractivity contribution is -0.0388. The number of phosphoric acid groups is 1. The Labute approximate surface area is 73.9 Å². The van der Waals surface area contributed by atoms with Gasteiger partial charge in [-0.15, -0.1) is 0 Å². The Balaban J connectivity index is 0. The number of aliphatic hydroxyl groups excluding tert-OH is 4. The van der Waals surface area contributed by atoms with Gasteiger partial charge in [0.1, 0.15) is 12.2 Å². The summed E-state index contributed by atoms with van der Waals surface area (Å²) in [7, 11) is -4.64. The molecule has 0 aromatic rings. The van der Waals surface area contributed by atoms with Gasteiger partial charge in [-0.25, -0.2) is 4.57 Å². The largest absolute Gasteiger partial charge is 0.466 e. The van der Waals surface area contributed by atoms with E-state index in [-0.39, 0.29) is 0 Å². The van der Waals surface area contributed by atoms with Crippen LogP contribution in [0.25, 0.3) is 0 Å². The minimum absolute atomic E-state index is 0.526. The van der Waals surface area contributed by atoms with E-state index in [0.29, 0.717) is 0 Å². The molecule has 0 aliphatic heterocycles. The van der Waals surface area contributed by atoms with Crippen molar-refractivity contribution in [2.45, 2.75) is 12.2 Å². The molecule has 0 bridgehead atoms. The third-order valence-electron chi connectivity index (χ3n) is 0.818. The molecule has 0 aliphatic rings. The molecule has 0 heterocycles. The maximum absolute atomic E-state index is 8.88. The molecule has 13 heavy (non-hydrogen) atoms. The van der Waals surface area contributed by atoms with Crippen molar-refractivity contribution in [1.82, 2.24) is 0 Å². The number of hydrogen-bond acceptors (Lipinski definition) is 5. The van der Waals surface area contributed by atoms with Gasteiger partial charge in [-0.1, -0.05) is 0 Å². The summed E-state index contributed by atoms with van der Waals surface area (Å²) in [5.74, 6) is 0. The van der Waals surface area contributed by atoms with Crippen molar-refractivity contribution in [2.24, 2.45) is 0 Å². The molecule has 9 heteroatoms. The van der Waals surface area contributed by atoms with Gasteiger partial charge >= 0.3 is 7.82 Å². The minimum Gasteiger partial charge on any atom is -0.394 e. The molecule has 0 fully saturated rings. The van der Waals surface area contributed by atoms with Crippen molar-refractivity contribution >= 4 is 7.82 Å². The van der Waals surface area contributed by atoms with E-state index in [4.69, 9.17) is 39.7 Å². The van der Waals surface area contributed by atoms with Crippen LogP contribution in [0.4, 0.5) is 0 Å². The summed E-state index contributed by atoms with van der Waals surface area (Å²) in [6, 6.07) is 0. The zero-order valence-electron chi connectivity index (χ0n) is 6.55. The van der Waals surface area contributed by atoms with Crippen LogP contribution in [0, 0.1) is 0 Å². The van der Waals surface area contributed by atoms with E-state index >= 15 is 0 Å². The van der Waals surface area contributed by atoms with Crippen LogP contribution in [0.1, 0.15) is 0 Å². The van der Waals surface area contributed by atoms with Gasteiger partial charge < -0.3 is 35.1 Å². The molecule has 0 saturated carbocycles. The third kappa shape index (κ3) is 18.7. The first kappa shape index (κ1) is 15.4. The highest BCUT2D eigenvalue weighted by Crippen LogP contribution is 2.25. The van der Waals surface area contributed by atoms with Crippen molar-refractivity contribution in [2.75, 3.05) is 13.2 Å². The highest BCUT2D eigenvalue weighted by molar-refractivity contribution is 7.45. The molecule has 7 N–H and O–H groups in total. The molecule has 8 nitrogen and oxygen atoms in total. The molecule has 0 amide bonds. The van der Waals surface area contributed by atoms with Crippen molar-refractivity contribution in [1.29, 1.82) is 0 Å². The molecule has 0 aliphatic carbocycles. The quantitative estimate of drug-likeness (QED) is 0.244. The second kappa shape index (κ2) is 7.36. The first-order valence-electron chi connectivity index (χ1n) is 3.08. The van der Waals surface area contributed by atoms with Crippen LogP contribution in [0.5, 0.6) is 0 Å². The summed E-state index contributed by atoms with van der Waals surface area (Å²) in [6.45, 7) is -1.05. The van der Waals surface area contributed by atoms with E-state index in [1.54, 1.807) is 0 Å². The first-order valence-corrected chi connectivity index (χ1v) is 4.65. The second-order valence-corrected chi connectivity index (χ2v) is 3.04. The Kier molecular flexibility index (Phi) is 8.74. The van der Waals surface area contributed by atoms with Gasteiger partial charge in [0.15, 0.2) is 0 Å². The Morgan fingerprint density at radius 3 is 1.15 bits per heavy atom. The van der Waals surface area contributed by atoms with Crippen LogP contribution in [0.3, 0.4) is 0 Å². The molecule has 0 rings (SSSR count).